The summed E-state index contributed by atoms with van der Waals surface area (Å²) >= 11 is 0.882. The van der Waals surface area contributed by atoms with Gasteiger partial charge >= 0.3 is 5.97 Å². The maximum Gasteiger partial charge on any atom is 0.313 e. The fraction of sp³-hybridized carbons (Fsp3) is 0.200. The third-order valence-corrected chi connectivity index (χ3v) is 2.56. The minimum atomic E-state index is -1.04. The Morgan fingerprint density at radius 2 is 1.69 bits per heavy atom. The first-order valence-electron chi connectivity index (χ1n) is 4.28. The van der Waals surface area contributed by atoms with E-state index in [0.717, 1.165) is 23.9 Å². The number of thioether (sulfide) groups is 1. The number of carboxylic acid groups (broad SMARTS) is 1. The number of aliphatic carboxylic acids is 1. The van der Waals surface area contributed by atoms with Crippen LogP contribution >= 0.6 is 11.8 Å². The number of carbonyl (C=O) groups excluding carboxylic acids is 1. The van der Waals surface area contributed by atoms with Crippen molar-refractivity contribution in [2.45, 2.75) is 0 Å². The van der Waals surface area contributed by atoms with Crippen LogP contribution in [0.25, 0.3) is 0 Å². The summed E-state index contributed by atoms with van der Waals surface area (Å²) in [5.41, 5.74) is -0.0876. The first-order valence-corrected chi connectivity index (χ1v) is 5.43. The molecule has 1 aromatic carbocycles. The van der Waals surface area contributed by atoms with Gasteiger partial charge in [0.05, 0.1) is 11.5 Å². The number of rotatable bonds is 5. The summed E-state index contributed by atoms with van der Waals surface area (Å²) in [7, 11) is 0. The molecule has 0 heterocycles. The molecule has 0 fully saturated rings. The molecule has 0 aliphatic rings. The number of hydrogen-bond donors (Lipinski definition) is 1. The Morgan fingerprint density at radius 3 is 2.19 bits per heavy atom. The van der Waals surface area contributed by atoms with Gasteiger partial charge < -0.3 is 5.11 Å². The molecule has 0 spiro atoms. The molecule has 0 unspecified atom stereocenters. The maximum absolute atomic E-state index is 12.7. The van der Waals surface area contributed by atoms with Crippen LogP contribution in [0.2, 0.25) is 0 Å². The van der Waals surface area contributed by atoms with Crippen LogP contribution in [0.1, 0.15) is 10.4 Å². The van der Waals surface area contributed by atoms with Crippen LogP contribution in [0.4, 0.5) is 8.78 Å². The topological polar surface area (TPSA) is 54.4 Å². The molecule has 1 N–H and O–H groups in total. The fourth-order valence-corrected chi connectivity index (χ4v) is 1.66. The molecule has 0 radical (unpaired) electrons. The summed E-state index contributed by atoms with van der Waals surface area (Å²) < 4.78 is 25.5. The van der Waals surface area contributed by atoms with Crippen molar-refractivity contribution in [3.8, 4) is 0 Å². The van der Waals surface area contributed by atoms with Crippen molar-refractivity contribution in [3.05, 3.63) is 35.4 Å². The van der Waals surface area contributed by atoms with Gasteiger partial charge in [0, 0.05) is 11.6 Å². The number of halogens is 2. The van der Waals surface area contributed by atoms with E-state index in [1.807, 2.05) is 0 Å². The van der Waals surface area contributed by atoms with Crippen molar-refractivity contribution < 1.29 is 23.5 Å². The quantitative estimate of drug-likeness (QED) is 0.807. The summed E-state index contributed by atoms with van der Waals surface area (Å²) in [5, 5.41) is 8.33. The van der Waals surface area contributed by atoms with Gasteiger partial charge in [0.25, 0.3) is 0 Å². The zero-order valence-electron chi connectivity index (χ0n) is 8.07. The average Bonchev–Trinajstić information content (AvgIpc) is 2.15. The lowest BCUT2D eigenvalue weighted by Crippen LogP contribution is -2.07. The minimum Gasteiger partial charge on any atom is -0.481 e. The first-order chi connectivity index (χ1) is 7.49. The van der Waals surface area contributed by atoms with Crippen LogP contribution in [0.15, 0.2) is 18.2 Å². The molecule has 0 bridgehead atoms. The Kier molecular flexibility index (Phi) is 4.42. The predicted octanol–water partition coefficient (Wildman–Crippen LogP) is 1.97. The lowest BCUT2D eigenvalue weighted by molar-refractivity contribution is -0.133. The van der Waals surface area contributed by atoms with E-state index in [1.165, 1.54) is 0 Å². The zero-order valence-corrected chi connectivity index (χ0v) is 8.89. The number of Topliss-reactive ketones (excluding diaryl/α,β-unsaturated/α-hetero) is 1. The van der Waals surface area contributed by atoms with E-state index in [-0.39, 0.29) is 17.1 Å². The van der Waals surface area contributed by atoms with Crippen LogP contribution in [0.3, 0.4) is 0 Å². The van der Waals surface area contributed by atoms with Gasteiger partial charge in [-0.3, -0.25) is 9.59 Å². The van der Waals surface area contributed by atoms with Crippen LogP contribution < -0.4 is 0 Å². The van der Waals surface area contributed by atoms with Gasteiger partial charge in [0.15, 0.2) is 5.78 Å². The largest absolute Gasteiger partial charge is 0.481 e. The third kappa shape index (κ3) is 3.98. The zero-order chi connectivity index (χ0) is 12.1. The molecule has 3 nitrogen and oxygen atoms in total. The van der Waals surface area contributed by atoms with Crippen LogP contribution in [-0.4, -0.2) is 28.4 Å². The molecule has 86 valence electrons. The average molecular weight is 246 g/mol. The smallest absolute Gasteiger partial charge is 0.313 e. The Labute approximate surface area is 94.5 Å². The predicted molar refractivity (Wildman–Crippen MR) is 55.6 cm³/mol. The van der Waals surface area contributed by atoms with E-state index in [0.29, 0.717) is 6.07 Å². The normalized spacial score (nSPS) is 10.1. The van der Waals surface area contributed by atoms with Crippen LogP contribution in [0, 0.1) is 11.6 Å². The summed E-state index contributed by atoms with van der Waals surface area (Å²) in [5.74, 6) is -3.52. The molecule has 6 heteroatoms. The molecule has 0 aliphatic carbocycles. The molecule has 1 aromatic rings. The van der Waals surface area contributed by atoms with Gasteiger partial charge in [-0.2, -0.15) is 0 Å². The Hall–Kier alpha value is -1.43. The Morgan fingerprint density at radius 1 is 1.12 bits per heavy atom. The van der Waals surface area contributed by atoms with Crippen molar-refractivity contribution in [1.29, 1.82) is 0 Å². The van der Waals surface area contributed by atoms with E-state index in [9.17, 15) is 18.4 Å². The van der Waals surface area contributed by atoms with Gasteiger partial charge in [-0.1, -0.05) is 0 Å². The molecule has 16 heavy (non-hydrogen) atoms. The van der Waals surface area contributed by atoms with Crippen molar-refractivity contribution in [3.63, 3.8) is 0 Å². The van der Waals surface area contributed by atoms with E-state index >= 15 is 0 Å². The highest BCUT2D eigenvalue weighted by molar-refractivity contribution is 8.00. The van der Waals surface area contributed by atoms with Crippen molar-refractivity contribution in [2.24, 2.45) is 0 Å². The van der Waals surface area contributed by atoms with Gasteiger partial charge in [0.2, 0.25) is 0 Å². The highest BCUT2D eigenvalue weighted by Gasteiger charge is 2.10. The maximum atomic E-state index is 12.7. The summed E-state index contributed by atoms with van der Waals surface area (Å²) in [4.78, 5) is 21.6. The lowest BCUT2D eigenvalue weighted by Gasteiger charge is -2.00. The highest BCUT2D eigenvalue weighted by Crippen LogP contribution is 2.11. The van der Waals surface area contributed by atoms with Crippen LogP contribution in [0.5, 0.6) is 0 Å². The minimum absolute atomic E-state index is 0.0876. The number of carbonyl (C=O) groups is 2. The number of carboxylic acids is 1. The monoisotopic (exact) mass is 246 g/mol. The number of hydrogen-bond acceptors (Lipinski definition) is 3. The second-order valence-corrected chi connectivity index (χ2v) is 3.95. The van der Waals surface area contributed by atoms with Crippen LogP contribution in [-0.2, 0) is 4.79 Å². The second-order valence-electron chi connectivity index (χ2n) is 2.97. The van der Waals surface area contributed by atoms with E-state index in [2.05, 4.69) is 0 Å². The Bertz CT molecular complexity index is 400. The SMILES string of the molecule is O=C(O)CSCC(=O)c1cc(F)cc(F)c1. The third-order valence-electron chi connectivity index (χ3n) is 1.64. The van der Waals surface area contributed by atoms with Gasteiger partial charge in [-0.25, -0.2) is 8.78 Å². The van der Waals surface area contributed by atoms with E-state index in [1.54, 1.807) is 0 Å². The lowest BCUT2D eigenvalue weighted by atomic mass is 10.1. The molecular weight excluding hydrogens is 238 g/mol. The van der Waals surface area contributed by atoms with E-state index < -0.39 is 23.4 Å². The molecule has 0 amide bonds. The number of ketones is 1. The molecular formula is C10H8F2O3S. The molecule has 0 aliphatic heterocycles. The molecule has 0 aromatic heterocycles. The molecule has 0 saturated carbocycles. The standard InChI is InChI=1S/C10H8F2O3S/c11-7-1-6(2-8(12)3-7)9(13)4-16-5-10(14)15/h1-3H,4-5H2,(H,14,15). The Balaban J connectivity index is 2.62. The summed E-state index contributed by atoms with van der Waals surface area (Å²) in [6, 6.07) is 2.51. The first kappa shape index (κ1) is 12.6. The summed E-state index contributed by atoms with van der Waals surface area (Å²) in [6.45, 7) is 0. The number of benzene rings is 1. The molecule has 1 rings (SSSR count). The van der Waals surface area contributed by atoms with Crippen molar-refractivity contribution in [1.82, 2.24) is 0 Å². The van der Waals surface area contributed by atoms with Crippen molar-refractivity contribution in [2.75, 3.05) is 11.5 Å². The fourth-order valence-electron chi connectivity index (χ4n) is 1.03. The van der Waals surface area contributed by atoms with Gasteiger partial charge in [0.1, 0.15) is 11.6 Å². The van der Waals surface area contributed by atoms with E-state index in [4.69, 9.17) is 5.11 Å². The van der Waals surface area contributed by atoms with Crippen molar-refractivity contribution >= 4 is 23.5 Å². The molecule has 0 atom stereocenters. The summed E-state index contributed by atoms with van der Waals surface area (Å²) in [6.07, 6.45) is 0. The molecule has 0 saturated heterocycles. The van der Waals surface area contributed by atoms with Gasteiger partial charge in [-0.05, 0) is 12.1 Å². The second kappa shape index (κ2) is 5.60. The highest BCUT2D eigenvalue weighted by atomic mass is 32.2. The van der Waals surface area contributed by atoms with Gasteiger partial charge in [-0.15, -0.1) is 11.8 Å².